The minimum absolute atomic E-state index is 0.245. The van der Waals surface area contributed by atoms with Gasteiger partial charge in [-0.15, -0.1) is 0 Å². The van der Waals surface area contributed by atoms with Crippen LogP contribution >= 0.6 is 15.9 Å². The van der Waals surface area contributed by atoms with Gasteiger partial charge in [0.1, 0.15) is 11.9 Å². The zero-order valence-electron chi connectivity index (χ0n) is 8.59. The summed E-state index contributed by atoms with van der Waals surface area (Å²) in [5.74, 6) is 0.918. The molecule has 1 N–H and O–H groups in total. The van der Waals surface area contributed by atoms with Gasteiger partial charge in [0.05, 0.1) is 0 Å². The second-order valence-electron chi connectivity index (χ2n) is 3.16. The predicted molar refractivity (Wildman–Crippen MR) is 62.8 cm³/mol. The molecular weight excluding hydrogens is 242 g/mol. The second kappa shape index (κ2) is 6.04. The van der Waals surface area contributed by atoms with Crippen molar-refractivity contribution in [1.29, 1.82) is 0 Å². The zero-order valence-corrected chi connectivity index (χ0v) is 10.2. The van der Waals surface area contributed by atoms with Gasteiger partial charge < -0.3 is 10.1 Å². The number of hydrogen-bond donors (Lipinski definition) is 1. The van der Waals surface area contributed by atoms with Crippen LogP contribution in [0.15, 0.2) is 28.7 Å². The molecule has 0 aliphatic heterocycles. The summed E-state index contributed by atoms with van der Waals surface area (Å²) in [4.78, 5) is 0. The van der Waals surface area contributed by atoms with E-state index in [9.17, 15) is 0 Å². The van der Waals surface area contributed by atoms with E-state index in [-0.39, 0.29) is 6.10 Å². The molecular formula is C11H16BrNO. The largest absolute Gasteiger partial charge is 0.489 e. The van der Waals surface area contributed by atoms with E-state index in [2.05, 4.69) is 28.2 Å². The molecule has 0 radical (unpaired) electrons. The lowest BCUT2D eigenvalue weighted by Gasteiger charge is -2.17. The third-order valence-corrected chi connectivity index (χ3v) is 2.48. The molecule has 1 unspecified atom stereocenters. The van der Waals surface area contributed by atoms with Crippen molar-refractivity contribution in [3.8, 4) is 5.75 Å². The van der Waals surface area contributed by atoms with Gasteiger partial charge in [-0.05, 0) is 31.7 Å². The van der Waals surface area contributed by atoms with Gasteiger partial charge in [0.2, 0.25) is 0 Å². The third kappa shape index (κ3) is 3.68. The summed E-state index contributed by atoms with van der Waals surface area (Å²) in [6.45, 7) is 3.00. The van der Waals surface area contributed by atoms with Crippen molar-refractivity contribution < 1.29 is 4.74 Å². The first-order chi connectivity index (χ1) is 6.76. The van der Waals surface area contributed by atoms with Gasteiger partial charge in [-0.3, -0.25) is 0 Å². The first-order valence-electron chi connectivity index (χ1n) is 4.83. The fourth-order valence-corrected chi connectivity index (χ4v) is 1.61. The molecule has 0 aromatic heterocycles. The molecule has 14 heavy (non-hydrogen) atoms. The molecule has 0 bridgehead atoms. The first-order valence-corrected chi connectivity index (χ1v) is 5.62. The van der Waals surface area contributed by atoms with Gasteiger partial charge in [-0.1, -0.05) is 28.9 Å². The van der Waals surface area contributed by atoms with Crippen LogP contribution in [0.5, 0.6) is 5.75 Å². The average molecular weight is 258 g/mol. The molecule has 0 spiro atoms. The minimum atomic E-state index is 0.245. The van der Waals surface area contributed by atoms with Crippen LogP contribution in [0.4, 0.5) is 0 Å². The number of benzene rings is 1. The van der Waals surface area contributed by atoms with Crippen LogP contribution < -0.4 is 10.1 Å². The molecule has 1 aromatic rings. The Morgan fingerprint density at radius 2 is 2.29 bits per heavy atom. The quantitative estimate of drug-likeness (QED) is 0.876. The molecule has 1 rings (SSSR count). The van der Waals surface area contributed by atoms with Crippen molar-refractivity contribution in [2.45, 2.75) is 19.4 Å². The van der Waals surface area contributed by atoms with Crippen LogP contribution in [-0.2, 0) is 0 Å². The number of likely N-dealkylation sites (N-methyl/N-ethyl adjacent to an activating group) is 1. The van der Waals surface area contributed by atoms with Gasteiger partial charge in [0, 0.05) is 11.0 Å². The Bertz CT molecular complexity index is 278. The SMILES string of the molecule is CCC(CNC)Oc1cccc(Br)c1. The number of ether oxygens (including phenoxy) is 1. The lowest BCUT2D eigenvalue weighted by atomic mass is 10.2. The topological polar surface area (TPSA) is 21.3 Å². The fraction of sp³-hybridized carbons (Fsp3) is 0.455. The Balaban J connectivity index is 2.57. The lowest BCUT2D eigenvalue weighted by Crippen LogP contribution is -2.28. The summed E-state index contributed by atoms with van der Waals surface area (Å²) in [5.41, 5.74) is 0. The average Bonchev–Trinajstić information content (AvgIpc) is 2.17. The van der Waals surface area contributed by atoms with E-state index < -0.39 is 0 Å². The van der Waals surface area contributed by atoms with Gasteiger partial charge >= 0.3 is 0 Å². The predicted octanol–water partition coefficient (Wildman–Crippen LogP) is 2.83. The monoisotopic (exact) mass is 257 g/mol. The molecule has 1 aromatic carbocycles. The van der Waals surface area contributed by atoms with Gasteiger partial charge in [-0.25, -0.2) is 0 Å². The van der Waals surface area contributed by atoms with E-state index in [4.69, 9.17) is 4.74 Å². The Morgan fingerprint density at radius 3 is 2.86 bits per heavy atom. The Kier molecular flexibility index (Phi) is 4.98. The highest BCUT2D eigenvalue weighted by molar-refractivity contribution is 9.10. The van der Waals surface area contributed by atoms with Crippen LogP contribution in [0.2, 0.25) is 0 Å². The molecule has 3 heteroatoms. The maximum atomic E-state index is 5.79. The maximum Gasteiger partial charge on any atom is 0.120 e. The molecule has 0 heterocycles. The van der Waals surface area contributed by atoms with Crippen LogP contribution in [-0.4, -0.2) is 19.7 Å². The van der Waals surface area contributed by atoms with Crippen molar-refractivity contribution in [3.05, 3.63) is 28.7 Å². The smallest absolute Gasteiger partial charge is 0.120 e. The summed E-state index contributed by atoms with van der Waals surface area (Å²) < 4.78 is 6.84. The third-order valence-electron chi connectivity index (χ3n) is 1.99. The highest BCUT2D eigenvalue weighted by Crippen LogP contribution is 2.19. The highest BCUT2D eigenvalue weighted by atomic mass is 79.9. The van der Waals surface area contributed by atoms with E-state index in [0.29, 0.717) is 0 Å². The van der Waals surface area contributed by atoms with Gasteiger partial charge in [0.25, 0.3) is 0 Å². The Hall–Kier alpha value is -0.540. The maximum absolute atomic E-state index is 5.79. The molecule has 1 atom stereocenters. The molecule has 0 fully saturated rings. The van der Waals surface area contributed by atoms with E-state index in [1.807, 2.05) is 31.3 Å². The lowest BCUT2D eigenvalue weighted by molar-refractivity contribution is 0.196. The minimum Gasteiger partial charge on any atom is -0.489 e. The molecule has 78 valence electrons. The Morgan fingerprint density at radius 1 is 1.50 bits per heavy atom. The summed E-state index contributed by atoms with van der Waals surface area (Å²) >= 11 is 3.42. The molecule has 0 aliphatic rings. The van der Waals surface area contributed by atoms with Crippen LogP contribution in [0.25, 0.3) is 0 Å². The van der Waals surface area contributed by atoms with E-state index in [1.54, 1.807) is 0 Å². The first kappa shape index (κ1) is 11.5. The fourth-order valence-electron chi connectivity index (χ4n) is 1.23. The second-order valence-corrected chi connectivity index (χ2v) is 4.08. The molecule has 0 saturated heterocycles. The van der Waals surface area contributed by atoms with Crippen LogP contribution in [0.1, 0.15) is 13.3 Å². The van der Waals surface area contributed by atoms with Crippen molar-refractivity contribution >= 4 is 15.9 Å². The van der Waals surface area contributed by atoms with Gasteiger partial charge in [0.15, 0.2) is 0 Å². The van der Waals surface area contributed by atoms with E-state index in [1.165, 1.54) is 0 Å². The molecule has 0 amide bonds. The summed E-state index contributed by atoms with van der Waals surface area (Å²) in [5, 5.41) is 3.12. The van der Waals surface area contributed by atoms with Crippen molar-refractivity contribution in [2.24, 2.45) is 0 Å². The number of hydrogen-bond acceptors (Lipinski definition) is 2. The zero-order chi connectivity index (χ0) is 10.4. The van der Waals surface area contributed by atoms with E-state index in [0.717, 1.165) is 23.2 Å². The summed E-state index contributed by atoms with van der Waals surface area (Å²) in [7, 11) is 1.94. The molecule has 0 saturated carbocycles. The standard InChI is InChI=1S/C11H16BrNO/c1-3-10(8-13-2)14-11-6-4-5-9(12)7-11/h4-7,10,13H,3,8H2,1-2H3. The van der Waals surface area contributed by atoms with Crippen molar-refractivity contribution in [2.75, 3.05) is 13.6 Å². The Labute approximate surface area is 93.8 Å². The van der Waals surface area contributed by atoms with Gasteiger partial charge in [-0.2, -0.15) is 0 Å². The van der Waals surface area contributed by atoms with Crippen LogP contribution in [0, 0.1) is 0 Å². The van der Waals surface area contributed by atoms with Crippen molar-refractivity contribution in [3.63, 3.8) is 0 Å². The molecule has 0 aliphatic carbocycles. The number of halogens is 1. The number of nitrogens with one attached hydrogen (secondary N) is 1. The number of rotatable bonds is 5. The normalized spacial score (nSPS) is 12.5. The summed E-state index contributed by atoms with van der Waals surface area (Å²) in [6, 6.07) is 7.93. The van der Waals surface area contributed by atoms with Crippen molar-refractivity contribution in [1.82, 2.24) is 5.32 Å². The summed E-state index contributed by atoms with van der Waals surface area (Å²) in [6.07, 6.45) is 1.25. The van der Waals surface area contributed by atoms with E-state index >= 15 is 0 Å². The highest BCUT2D eigenvalue weighted by Gasteiger charge is 2.06. The van der Waals surface area contributed by atoms with Crippen LogP contribution in [0.3, 0.4) is 0 Å². The molecule has 2 nitrogen and oxygen atoms in total.